The highest BCUT2D eigenvalue weighted by Crippen LogP contribution is 2.44. The molecule has 8 heteroatoms. The fourth-order valence-corrected chi connectivity index (χ4v) is 3.72. The average Bonchev–Trinajstić information content (AvgIpc) is 3.12. The first kappa shape index (κ1) is 22.9. The third-order valence-corrected chi connectivity index (χ3v) is 5.21. The Morgan fingerprint density at radius 2 is 1.62 bits per heavy atom. The maximum Gasteiger partial charge on any atom is 0.407 e. The number of nitrogens with one attached hydrogen (secondary N) is 2. The number of benzene rings is 2. The molecule has 2 aromatic rings. The molecule has 0 aliphatic heterocycles. The Bertz CT molecular complexity index is 944. The molecule has 1 atom stereocenters. The van der Waals surface area contributed by atoms with Crippen LogP contribution in [0.3, 0.4) is 0 Å². The molecule has 0 saturated carbocycles. The predicted molar refractivity (Wildman–Crippen MR) is 118 cm³/mol. The zero-order valence-corrected chi connectivity index (χ0v) is 17.6. The zero-order valence-electron chi connectivity index (χ0n) is 17.6. The van der Waals surface area contributed by atoms with Gasteiger partial charge in [0.2, 0.25) is 0 Å². The van der Waals surface area contributed by atoms with Gasteiger partial charge in [-0.3, -0.25) is 0 Å². The van der Waals surface area contributed by atoms with Crippen molar-refractivity contribution in [3.05, 3.63) is 72.3 Å². The van der Waals surface area contributed by atoms with Crippen LogP contribution in [-0.4, -0.2) is 49.1 Å². The predicted octanol–water partition coefficient (Wildman–Crippen LogP) is 3.67. The van der Waals surface area contributed by atoms with Crippen molar-refractivity contribution in [3.63, 3.8) is 0 Å². The van der Waals surface area contributed by atoms with Crippen LogP contribution in [0.1, 0.15) is 29.9 Å². The van der Waals surface area contributed by atoms with Gasteiger partial charge in [0.05, 0.1) is 0 Å². The van der Waals surface area contributed by atoms with E-state index in [0.717, 1.165) is 22.3 Å². The molecule has 2 amide bonds. The lowest BCUT2D eigenvalue weighted by atomic mass is 9.98. The van der Waals surface area contributed by atoms with E-state index in [1.54, 1.807) is 0 Å². The van der Waals surface area contributed by atoms with Gasteiger partial charge in [0.25, 0.3) is 0 Å². The van der Waals surface area contributed by atoms with Gasteiger partial charge >= 0.3 is 18.2 Å². The molecule has 8 nitrogen and oxygen atoms in total. The minimum Gasteiger partial charge on any atom is -0.480 e. The quantitative estimate of drug-likeness (QED) is 0.385. The van der Waals surface area contributed by atoms with Gasteiger partial charge in [-0.05, 0) is 35.1 Å². The summed E-state index contributed by atoms with van der Waals surface area (Å²) in [7, 11) is 0. The van der Waals surface area contributed by atoms with Crippen LogP contribution in [0.4, 0.5) is 9.59 Å². The van der Waals surface area contributed by atoms with Gasteiger partial charge in [-0.1, -0.05) is 61.2 Å². The number of carboxylic acid groups (broad SMARTS) is 1. The van der Waals surface area contributed by atoms with Gasteiger partial charge in [0, 0.05) is 12.5 Å². The second kappa shape index (κ2) is 11.0. The number of rotatable bonds is 10. The summed E-state index contributed by atoms with van der Waals surface area (Å²) >= 11 is 0. The molecule has 168 valence electrons. The Morgan fingerprint density at radius 3 is 2.22 bits per heavy atom. The monoisotopic (exact) mass is 438 g/mol. The summed E-state index contributed by atoms with van der Waals surface area (Å²) in [5.41, 5.74) is 4.37. The maximum atomic E-state index is 12.3. The largest absolute Gasteiger partial charge is 0.480 e. The van der Waals surface area contributed by atoms with Crippen LogP contribution in [-0.2, 0) is 14.3 Å². The number of fused-ring (bicyclic) bond motifs is 3. The fourth-order valence-electron chi connectivity index (χ4n) is 3.72. The Balaban J connectivity index is 1.50. The molecule has 1 aliphatic rings. The smallest absolute Gasteiger partial charge is 0.407 e. The van der Waals surface area contributed by atoms with E-state index < -0.39 is 24.2 Å². The number of carbonyl (C=O) groups excluding carboxylic acids is 2. The maximum absolute atomic E-state index is 12.3. The molecule has 0 fully saturated rings. The molecule has 2 aromatic carbocycles. The van der Waals surface area contributed by atoms with Crippen molar-refractivity contribution in [1.82, 2.24) is 10.6 Å². The van der Waals surface area contributed by atoms with Crippen molar-refractivity contribution >= 4 is 18.2 Å². The second-order valence-corrected chi connectivity index (χ2v) is 7.32. The van der Waals surface area contributed by atoms with Crippen molar-refractivity contribution in [3.8, 4) is 11.1 Å². The van der Waals surface area contributed by atoms with E-state index in [2.05, 4.69) is 17.2 Å². The minimum atomic E-state index is -1.17. The van der Waals surface area contributed by atoms with E-state index in [1.165, 1.54) is 6.08 Å². The van der Waals surface area contributed by atoms with Crippen LogP contribution >= 0.6 is 0 Å². The van der Waals surface area contributed by atoms with Crippen molar-refractivity contribution in [2.45, 2.75) is 24.8 Å². The number of aliphatic carboxylic acids is 1. The Morgan fingerprint density at radius 1 is 1.00 bits per heavy atom. The topological polar surface area (TPSA) is 114 Å². The van der Waals surface area contributed by atoms with Crippen LogP contribution in [0.5, 0.6) is 0 Å². The normalized spacial score (nSPS) is 12.8. The van der Waals surface area contributed by atoms with E-state index in [1.807, 2.05) is 48.5 Å². The van der Waals surface area contributed by atoms with Crippen LogP contribution in [0.2, 0.25) is 0 Å². The molecule has 0 heterocycles. The Hall–Kier alpha value is -3.81. The standard InChI is InChI=1S/C24H26N2O6/c1-2-14-31-23(29)25-13-7-12-21(22(27)28)26-24(30)32-15-20-18-10-5-3-8-16(18)17-9-4-6-11-19(17)20/h2-6,8-11,20-21H,1,7,12-15H2,(H,25,29)(H,26,30)(H,27,28)/t21-/m1/s1. The highest BCUT2D eigenvalue weighted by Gasteiger charge is 2.29. The lowest BCUT2D eigenvalue weighted by Gasteiger charge is -2.17. The fraction of sp³-hybridized carbons (Fsp3) is 0.292. The van der Waals surface area contributed by atoms with Gasteiger partial charge in [0.15, 0.2) is 0 Å². The van der Waals surface area contributed by atoms with Crippen LogP contribution in [0, 0.1) is 0 Å². The average molecular weight is 438 g/mol. The van der Waals surface area contributed by atoms with Crippen LogP contribution in [0.15, 0.2) is 61.2 Å². The first-order valence-corrected chi connectivity index (χ1v) is 10.4. The van der Waals surface area contributed by atoms with Gasteiger partial charge in [-0.15, -0.1) is 0 Å². The molecule has 0 bridgehead atoms. The van der Waals surface area contributed by atoms with E-state index in [0.29, 0.717) is 6.42 Å². The van der Waals surface area contributed by atoms with E-state index in [4.69, 9.17) is 9.47 Å². The molecular formula is C24H26N2O6. The molecule has 3 N–H and O–H groups in total. The number of amides is 2. The molecule has 0 spiro atoms. The summed E-state index contributed by atoms with van der Waals surface area (Å²) in [6, 6.07) is 14.8. The SMILES string of the molecule is C=CCOC(=O)NCCC[C@@H](NC(=O)OCC1c2ccccc2-c2ccccc21)C(=O)O. The van der Waals surface area contributed by atoms with E-state index in [-0.39, 0.29) is 32.1 Å². The number of carboxylic acids is 1. The summed E-state index contributed by atoms with van der Waals surface area (Å²) in [5, 5.41) is 14.3. The number of alkyl carbamates (subject to hydrolysis) is 2. The summed E-state index contributed by atoms with van der Waals surface area (Å²) in [6.45, 7) is 3.84. The van der Waals surface area contributed by atoms with Gasteiger partial charge in [0.1, 0.15) is 19.3 Å². The number of ether oxygens (including phenoxy) is 2. The molecule has 0 unspecified atom stereocenters. The highest BCUT2D eigenvalue weighted by molar-refractivity contribution is 5.81. The molecule has 32 heavy (non-hydrogen) atoms. The van der Waals surface area contributed by atoms with Crippen molar-refractivity contribution in [1.29, 1.82) is 0 Å². The molecule has 0 radical (unpaired) electrons. The molecule has 0 aromatic heterocycles. The summed E-state index contributed by atoms with van der Waals surface area (Å²) < 4.78 is 10.2. The van der Waals surface area contributed by atoms with Crippen molar-refractivity contribution in [2.24, 2.45) is 0 Å². The van der Waals surface area contributed by atoms with Crippen LogP contribution in [0.25, 0.3) is 11.1 Å². The summed E-state index contributed by atoms with van der Waals surface area (Å²) in [6.07, 6.45) is 0.502. The Labute approximate surface area is 186 Å². The van der Waals surface area contributed by atoms with Gasteiger partial charge < -0.3 is 25.2 Å². The van der Waals surface area contributed by atoms with E-state index in [9.17, 15) is 19.5 Å². The first-order valence-electron chi connectivity index (χ1n) is 10.4. The number of carbonyl (C=O) groups is 3. The lowest BCUT2D eigenvalue weighted by molar-refractivity contribution is -0.139. The highest BCUT2D eigenvalue weighted by atomic mass is 16.6. The minimum absolute atomic E-state index is 0.0902. The van der Waals surface area contributed by atoms with E-state index >= 15 is 0 Å². The van der Waals surface area contributed by atoms with Crippen molar-refractivity contribution < 1.29 is 29.0 Å². The number of hydrogen-bond acceptors (Lipinski definition) is 5. The van der Waals surface area contributed by atoms with Gasteiger partial charge in [-0.2, -0.15) is 0 Å². The lowest BCUT2D eigenvalue weighted by Crippen LogP contribution is -2.42. The Kier molecular flexibility index (Phi) is 7.85. The summed E-state index contributed by atoms with van der Waals surface area (Å²) in [4.78, 5) is 35.2. The summed E-state index contributed by atoms with van der Waals surface area (Å²) in [5.74, 6) is -1.28. The number of hydrogen-bond donors (Lipinski definition) is 3. The third kappa shape index (κ3) is 5.66. The molecule has 0 saturated heterocycles. The van der Waals surface area contributed by atoms with Gasteiger partial charge in [-0.25, -0.2) is 14.4 Å². The second-order valence-electron chi connectivity index (χ2n) is 7.32. The zero-order chi connectivity index (χ0) is 22.9. The van der Waals surface area contributed by atoms with Crippen LogP contribution < -0.4 is 10.6 Å². The molecule has 3 rings (SSSR count). The van der Waals surface area contributed by atoms with Crippen molar-refractivity contribution in [2.75, 3.05) is 19.8 Å². The first-order chi connectivity index (χ1) is 15.5. The molecule has 1 aliphatic carbocycles. The molecular weight excluding hydrogens is 412 g/mol. The third-order valence-electron chi connectivity index (χ3n) is 5.21.